The number of methoxy groups -OCH3 is 2. The summed E-state index contributed by atoms with van der Waals surface area (Å²) in [5.74, 6) is 1.72. The smallest absolute Gasteiger partial charge is 0.171 e. The number of hydrogen-bond acceptors (Lipinski definition) is 4. The van der Waals surface area contributed by atoms with E-state index in [2.05, 4.69) is 40.7 Å². The van der Waals surface area contributed by atoms with Crippen LogP contribution in [0, 0.1) is 0 Å². The van der Waals surface area contributed by atoms with E-state index in [0.29, 0.717) is 5.11 Å². The molecule has 6 heteroatoms. The molecule has 0 aromatic heterocycles. The molecule has 2 heterocycles. The predicted octanol–water partition coefficient (Wildman–Crippen LogP) is 3.90. The van der Waals surface area contributed by atoms with Crippen LogP contribution in [0.3, 0.4) is 0 Å². The van der Waals surface area contributed by atoms with Gasteiger partial charge in [0, 0.05) is 29.9 Å². The largest absolute Gasteiger partial charge is 0.496 e. The molecule has 0 fully saturated rings. The van der Waals surface area contributed by atoms with Crippen LogP contribution in [0.5, 0.6) is 11.5 Å². The highest BCUT2D eigenvalue weighted by atomic mass is 32.1. The lowest BCUT2D eigenvalue weighted by atomic mass is 9.88. The molecule has 0 aliphatic carbocycles. The number of nitrogens with zero attached hydrogens (tertiary/aromatic N) is 1. The molecule has 1 atom stereocenters. The highest BCUT2D eigenvalue weighted by molar-refractivity contribution is 7.80. The maximum absolute atomic E-state index is 5.65. The molecular formula is C24H27N3O2S. The quantitative estimate of drug-likeness (QED) is 0.714. The van der Waals surface area contributed by atoms with Crippen molar-refractivity contribution in [2.24, 2.45) is 0 Å². The third-order valence-corrected chi connectivity index (χ3v) is 5.88. The molecule has 5 nitrogen and oxygen atoms in total. The molecule has 2 aromatic carbocycles. The third kappa shape index (κ3) is 3.93. The molecule has 0 radical (unpaired) electrons. The molecule has 2 aliphatic heterocycles. The number of likely N-dealkylation sites (N-methyl/N-ethyl adjacent to an activating group) is 1. The van der Waals surface area contributed by atoms with Crippen molar-refractivity contribution in [2.75, 3.05) is 33.9 Å². The number of thiocarbonyl (C=S) groups is 1. The molecule has 0 bridgehead atoms. The van der Waals surface area contributed by atoms with Gasteiger partial charge in [0.2, 0.25) is 0 Å². The van der Waals surface area contributed by atoms with Gasteiger partial charge in [0.05, 0.1) is 20.3 Å². The van der Waals surface area contributed by atoms with Crippen LogP contribution in [0.1, 0.15) is 24.1 Å². The Balaban J connectivity index is 1.85. The van der Waals surface area contributed by atoms with Crippen molar-refractivity contribution in [3.05, 3.63) is 76.5 Å². The SMILES string of the molecule is CCN1CC2=C(NC(=S)NC2c2ccccc2OC)/C(=C/c2ccccc2OC)C1. The number of benzene rings is 2. The number of ether oxygens (including phenoxy) is 2. The molecule has 156 valence electrons. The Labute approximate surface area is 183 Å². The molecule has 2 N–H and O–H groups in total. The molecule has 0 saturated carbocycles. The van der Waals surface area contributed by atoms with Crippen LogP contribution in [-0.4, -0.2) is 43.9 Å². The minimum Gasteiger partial charge on any atom is -0.496 e. The highest BCUT2D eigenvalue weighted by Gasteiger charge is 2.34. The zero-order chi connectivity index (χ0) is 21.1. The molecule has 30 heavy (non-hydrogen) atoms. The van der Waals surface area contributed by atoms with Crippen molar-refractivity contribution in [3.63, 3.8) is 0 Å². The predicted molar refractivity (Wildman–Crippen MR) is 125 cm³/mol. The maximum Gasteiger partial charge on any atom is 0.171 e. The van der Waals surface area contributed by atoms with Crippen molar-refractivity contribution in [1.29, 1.82) is 0 Å². The molecular weight excluding hydrogens is 394 g/mol. The Bertz CT molecular complexity index is 1020. The summed E-state index contributed by atoms with van der Waals surface area (Å²) in [7, 11) is 3.41. The van der Waals surface area contributed by atoms with E-state index < -0.39 is 0 Å². The second kappa shape index (κ2) is 8.90. The molecule has 2 aliphatic rings. The summed E-state index contributed by atoms with van der Waals surface area (Å²) < 4.78 is 11.2. The lowest BCUT2D eigenvalue weighted by molar-refractivity contribution is 0.315. The minimum absolute atomic E-state index is 0.0414. The zero-order valence-corrected chi connectivity index (χ0v) is 18.4. The lowest BCUT2D eigenvalue weighted by Crippen LogP contribution is -2.50. The van der Waals surface area contributed by atoms with E-state index in [1.165, 1.54) is 11.1 Å². The van der Waals surface area contributed by atoms with E-state index in [1.54, 1.807) is 14.2 Å². The van der Waals surface area contributed by atoms with Crippen molar-refractivity contribution < 1.29 is 9.47 Å². The monoisotopic (exact) mass is 421 g/mol. The second-order valence-electron chi connectivity index (χ2n) is 7.39. The Kier molecular flexibility index (Phi) is 6.06. The summed E-state index contributed by atoms with van der Waals surface area (Å²) in [6.45, 7) is 4.86. The van der Waals surface area contributed by atoms with E-state index in [1.807, 2.05) is 36.4 Å². The van der Waals surface area contributed by atoms with E-state index >= 15 is 0 Å². The van der Waals surface area contributed by atoms with E-state index in [0.717, 1.165) is 48.0 Å². The van der Waals surface area contributed by atoms with Crippen LogP contribution in [-0.2, 0) is 0 Å². The highest BCUT2D eigenvalue weighted by Crippen LogP contribution is 2.38. The summed E-state index contributed by atoms with van der Waals surface area (Å²) in [6, 6.07) is 16.2. The first-order chi connectivity index (χ1) is 14.6. The van der Waals surface area contributed by atoms with Crippen molar-refractivity contribution in [3.8, 4) is 11.5 Å². The number of para-hydroxylation sites is 2. The van der Waals surface area contributed by atoms with Crippen molar-refractivity contribution in [1.82, 2.24) is 15.5 Å². The molecule has 0 spiro atoms. The van der Waals surface area contributed by atoms with Gasteiger partial charge in [-0.05, 0) is 48.1 Å². The normalized spacial score (nSPS) is 20.4. The van der Waals surface area contributed by atoms with Crippen LogP contribution in [0.15, 0.2) is 65.4 Å². The Morgan fingerprint density at radius 2 is 1.73 bits per heavy atom. The van der Waals surface area contributed by atoms with Gasteiger partial charge in [0.15, 0.2) is 5.11 Å². The number of rotatable bonds is 5. The van der Waals surface area contributed by atoms with Gasteiger partial charge in [0.1, 0.15) is 11.5 Å². The van der Waals surface area contributed by atoms with Gasteiger partial charge in [-0.2, -0.15) is 0 Å². The second-order valence-corrected chi connectivity index (χ2v) is 7.80. The third-order valence-electron chi connectivity index (χ3n) is 5.66. The molecule has 0 saturated heterocycles. The first kappa shape index (κ1) is 20.4. The van der Waals surface area contributed by atoms with Gasteiger partial charge in [0.25, 0.3) is 0 Å². The average Bonchev–Trinajstić information content (AvgIpc) is 2.79. The Morgan fingerprint density at radius 3 is 2.47 bits per heavy atom. The first-order valence-corrected chi connectivity index (χ1v) is 10.5. The van der Waals surface area contributed by atoms with Gasteiger partial charge in [-0.25, -0.2) is 0 Å². The fourth-order valence-electron chi connectivity index (χ4n) is 4.15. The summed E-state index contributed by atoms with van der Waals surface area (Å²) in [6.07, 6.45) is 2.20. The summed E-state index contributed by atoms with van der Waals surface area (Å²) in [5, 5.41) is 7.52. The topological polar surface area (TPSA) is 45.8 Å². The summed E-state index contributed by atoms with van der Waals surface area (Å²) in [5.41, 5.74) is 5.71. The number of nitrogens with one attached hydrogen (secondary N) is 2. The molecule has 0 amide bonds. The first-order valence-electron chi connectivity index (χ1n) is 10.1. The van der Waals surface area contributed by atoms with Crippen LogP contribution >= 0.6 is 12.2 Å². The zero-order valence-electron chi connectivity index (χ0n) is 17.6. The summed E-state index contributed by atoms with van der Waals surface area (Å²) >= 11 is 5.59. The van der Waals surface area contributed by atoms with Crippen molar-refractivity contribution in [2.45, 2.75) is 13.0 Å². The van der Waals surface area contributed by atoms with E-state index in [9.17, 15) is 0 Å². The van der Waals surface area contributed by atoms with Gasteiger partial charge >= 0.3 is 0 Å². The molecule has 4 rings (SSSR count). The lowest BCUT2D eigenvalue weighted by Gasteiger charge is -2.40. The molecule has 1 unspecified atom stereocenters. The maximum atomic E-state index is 5.65. The fourth-order valence-corrected chi connectivity index (χ4v) is 4.37. The number of hydrogen-bond donors (Lipinski definition) is 2. The van der Waals surface area contributed by atoms with Gasteiger partial charge in [-0.1, -0.05) is 43.3 Å². The van der Waals surface area contributed by atoms with Crippen LogP contribution in [0.2, 0.25) is 0 Å². The van der Waals surface area contributed by atoms with E-state index in [-0.39, 0.29) is 6.04 Å². The van der Waals surface area contributed by atoms with Gasteiger partial charge in [-0.15, -0.1) is 0 Å². The Hall–Kier alpha value is -2.83. The van der Waals surface area contributed by atoms with Crippen LogP contribution in [0.25, 0.3) is 6.08 Å². The molecule has 2 aromatic rings. The minimum atomic E-state index is -0.0414. The standard InChI is InChI=1S/C24H27N3O2S/c1-4-27-14-17(13-16-9-5-7-11-20(16)28-2)22-19(15-27)23(26-24(30)25-22)18-10-6-8-12-21(18)29-3/h5-13,23H,4,14-15H2,1-3H3,(H2,25,26,30)/b17-13+. The Morgan fingerprint density at radius 1 is 1.03 bits per heavy atom. The van der Waals surface area contributed by atoms with Gasteiger partial charge in [-0.3, -0.25) is 4.90 Å². The van der Waals surface area contributed by atoms with E-state index in [4.69, 9.17) is 21.7 Å². The van der Waals surface area contributed by atoms with Crippen LogP contribution in [0.4, 0.5) is 0 Å². The van der Waals surface area contributed by atoms with Gasteiger partial charge < -0.3 is 20.1 Å². The average molecular weight is 422 g/mol. The fraction of sp³-hybridized carbons (Fsp3) is 0.292. The van der Waals surface area contributed by atoms with Crippen molar-refractivity contribution >= 4 is 23.4 Å². The van der Waals surface area contributed by atoms with Crippen LogP contribution < -0.4 is 20.1 Å². The summed E-state index contributed by atoms with van der Waals surface area (Å²) in [4.78, 5) is 2.43.